The maximum atomic E-state index is 13.2. The summed E-state index contributed by atoms with van der Waals surface area (Å²) in [6.07, 6.45) is 0. The maximum Gasteiger partial charge on any atom is 0.255 e. The SMILES string of the molecule is Cc1cc(C(=O)Nc2cc(Cl)c(N)cc2C)ccc1F. The lowest BCUT2D eigenvalue weighted by Gasteiger charge is -2.11. The van der Waals surface area contributed by atoms with Crippen molar-refractivity contribution >= 4 is 28.9 Å². The summed E-state index contributed by atoms with van der Waals surface area (Å²) in [5, 5.41) is 3.12. The minimum Gasteiger partial charge on any atom is -0.398 e. The second-order valence-electron chi connectivity index (χ2n) is 4.61. The van der Waals surface area contributed by atoms with Crippen LogP contribution in [0.15, 0.2) is 30.3 Å². The number of halogens is 2. The Morgan fingerprint density at radius 3 is 2.55 bits per heavy atom. The third-order valence-electron chi connectivity index (χ3n) is 3.01. The van der Waals surface area contributed by atoms with E-state index in [4.69, 9.17) is 17.3 Å². The summed E-state index contributed by atoms with van der Waals surface area (Å²) in [5.41, 5.74) is 8.33. The van der Waals surface area contributed by atoms with Crippen LogP contribution in [0.3, 0.4) is 0 Å². The van der Waals surface area contributed by atoms with Gasteiger partial charge < -0.3 is 11.1 Å². The number of aryl methyl sites for hydroxylation is 2. The highest BCUT2D eigenvalue weighted by Gasteiger charge is 2.11. The van der Waals surface area contributed by atoms with E-state index < -0.39 is 0 Å². The van der Waals surface area contributed by atoms with E-state index >= 15 is 0 Å². The largest absolute Gasteiger partial charge is 0.398 e. The molecule has 104 valence electrons. The van der Waals surface area contributed by atoms with Crippen LogP contribution in [0.5, 0.6) is 0 Å². The number of nitrogens with two attached hydrogens (primary N) is 1. The van der Waals surface area contributed by atoms with Gasteiger partial charge in [0.2, 0.25) is 0 Å². The zero-order valence-electron chi connectivity index (χ0n) is 11.1. The first-order valence-corrected chi connectivity index (χ1v) is 6.39. The maximum absolute atomic E-state index is 13.2. The molecule has 0 atom stereocenters. The summed E-state index contributed by atoms with van der Waals surface area (Å²) < 4.78 is 13.2. The van der Waals surface area contributed by atoms with Crippen LogP contribution in [0.2, 0.25) is 5.02 Å². The number of nitrogens with one attached hydrogen (secondary N) is 1. The standard InChI is InChI=1S/C15H14ClFN2O/c1-8-5-10(3-4-12(8)17)15(20)19-14-7-11(16)13(18)6-9(14)2/h3-7H,18H2,1-2H3,(H,19,20). The van der Waals surface area contributed by atoms with E-state index in [1.54, 1.807) is 19.1 Å². The Hall–Kier alpha value is -2.07. The lowest BCUT2D eigenvalue weighted by Crippen LogP contribution is -2.13. The Kier molecular flexibility index (Phi) is 3.95. The van der Waals surface area contributed by atoms with E-state index in [2.05, 4.69) is 5.32 Å². The molecule has 0 saturated carbocycles. The second kappa shape index (κ2) is 5.51. The topological polar surface area (TPSA) is 55.1 Å². The average Bonchev–Trinajstić information content (AvgIpc) is 2.39. The first kappa shape index (κ1) is 14.3. The summed E-state index contributed by atoms with van der Waals surface area (Å²) in [6.45, 7) is 3.43. The van der Waals surface area contributed by atoms with Gasteiger partial charge in [-0.1, -0.05) is 11.6 Å². The monoisotopic (exact) mass is 292 g/mol. The second-order valence-corrected chi connectivity index (χ2v) is 5.01. The molecule has 2 aromatic carbocycles. The molecule has 0 aliphatic carbocycles. The molecule has 0 spiro atoms. The van der Waals surface area contributed by atoms with Gasteiger partial charge in [0.25, 0.3) is 5.91 Å². The van der Waals surface area contributed by atoms with Crippen LogP contribution in [0.4, 0.5) is 15.8 Å². The highest BCUT2D eigenvalue weighted by atomic mass is 35.5. The normalized spacial score (nSPS) is 10.4. The molecular weight excluding hydrogens is 279 g/mol. The molecule has 0 unspecified atom stereocenters. The van der Waals surface area contributed by atoms with Gasteiger partial charge in [-0.3, -0.25) is 4.79 Å². The van der Waals surface area contributed by atoms with Crippen LogP contribution >= 0.6 is 11.6 Å². The molecule has 3 nitrogen and oxygen atoms in total. The van der Waals surface area contributed by atoms with Gasteiger partial charge in [-0.25, -0.2) is 4.39 Å². The number of benzene rings is 2. The molecule has 1 amide bonds. The van der Waals surface area contributed by atoms with E-state index in [1.165, 1.54) is 18.2 Å². The molecule has 0 aliphatic rings. The molecule has 2 aromatic rings. The molecule has 0 heterocycles. The number of hydrogen-bond donors (Lipinski definition) is 2. The van der Waals surface area contributed by atoms with E-state index in [9.17, 15) is 9.18 Å². The van der Waals surface area contributed by atoms with Gasteiger partial charge in [-0.15, -0.1) is 0 Å². The molecule has 2 rings (SSSR count). The van der Waals surface area contributed by atoms with Crippen LogP contribution in [-0.2, 0) is 0 Å². The van der Waals surface area contributed by atoms with E-state index in [1.807, 2.05) is 6.92 Å². The van der Waals surface area contributed by atoms with Crippen molar-refractivity contribution in [2.24, 2.45) is 0 Å². The minimum absolute atomic E-state index is 0.322. The van der Waals surface area contributed by atoms with Gasteiger partial charge in [-0.05, 0) is 55.3 Å². The molecule has 3 N–H and O–H groups in total. The molecular formula is C15H14ClFN2O. The van der Waals surface area contributed by atoms with Crippen LogP contribution in [0, 0.1) is 19.7 Å². The van der Waals surface area contributed by atoms with Gasteiger partial charge >= 0.3 is 0 Å². The molecule has 0 bridgehead atoms. The molecule has 0 aromatic heterocycles. The van der Waals surface area contributed by atoms with Gasteiger partial charge in [0, 0.05) is 11.3 Å². The summed E-state index contributed by atoms with van der Waals surface area (Å²) in [6, 6.07) is 7.49. The third-order valence-corrected chi connectivity index (χ3v) is 3.34. The van der Waals surface area contributed by atoms with Crippen LogP contribution in [-0.4, -0.2) is 5.91 Å². The van der Waals surface area contributed by atoms with Gasteiger partial charge in [0.05, 0.1) is 10.7 Å². The van der Waals surface area contributed by atoms with Crippen molar-refractivity contribution < 1.29 is 9.18 Å². The molecule has 0 aliphatic heterocycles. The molecule has 0 fully saturated rings. The third kappa shape index (κ3) is 2.91. The van der Waals surface area contributed by atoms with Gasteiger partial charge in [0.15, 0.2) is 0 Å². The highest BCUT2D eigenvalue weighted by molar-refractivity contribution is 6.33. The predicted octanol–water partition coefficient (Wildman–Crippen LogP) is 3.93. The molecule has 0 radical (unpaired) electrons. The zero-order valence-corrected chi connectivity index (χ0v) is 11.9. The Balaban J connectivity index is 2.27. The number of nitrogen functional groups attached to an aromatic ring is 1. The lowest BCUT2D eigenvalue weighted by atomic mass is 10.1. The van der Waals surface area contributed by atoms with Crippen LogP contribution < -0.4 is 11.1 Å². The first-order chi connectivity index (χ1) is 9.38. The van der Waals surface area contributed by atoms with Crippen LogP contribution in [0.25, 0.3) is 0 Å². The van der Waals surface area contributed by atoms with Crippen molar-refractivity contribution in [1.29, 1.82) is 0 Å². The van der Waals surface area contributed by atoms with Crippen molar-refractivity contribution in [2.45, 2.75) is 13.8 Å². The molecule has 20 heavy (non-hydrogen) atoms. The summed E-state index contributed by atoms with van der Waals surface area (Å²) in [5.74, 6) is -0.662. The van der Waals surface area contributed by atoms with Crippen molar-refractivity contribution in [1.82, 2.24) is 0 Å². The first-order valence-electron chi connectivity index (χ1n) is 6.01. The van der Waals surface area contributed by atoms with Crippen molar-refractivity contribution in [2.75, 3.05) is 11.1 Å². The van der Waals surface area contributed by atoms with Gasteiger partial charge in [0.1, 0.15) is 5.82 Å². The smallest absolute Gasteiger partial charge is 0.255 e. The number of rotatable bonds is 2. The van der Waals surface area contributed by atoms with E-state index in [0.717, 1.165) is 5.56 Å². The minimum atomic E-state index is -0.340. The highest BCUT2D eigenvalue weighted by Crippen LogP contribution is 2.27. The molecule has 0 saturated heterocycles. The average molecular weight is 293 g/mol. The fraction of sp³-hybridized carbons (Fsp3) is 0.133. The number of hydrogen-bond acceptors (Lipinski definition) is 2. The zero-order chi connectivity index (χ0) is 14.9. The predicted molar refractivity (Wildman–Crippen MR) is 79.7 cm³/mol. The summed E-state index contributed by atoms with van der Waals surface area (Å²) in [7, 11) is 0. The van der Waals surface area contributed by atoms with Crippen molar-refractivity contribution in [3.63, 3.8) is 0 Å². The van der Waals surface area contributed by atoms with E-state index in [0.29, 0.717) is 27.5 Å². The Morgan fingerprint density at radius 1 is 1.20 bits per heavy atom. The van der Waals surface area contributed by atoms with Crippen LogP contribution in [0.1, 0.15) is 21.5 Å². The number of amides is 1. The number of carbonyl (C=O) groups excluding carboxylic acids is 1. The van der Waals surface area contributed by atoms with Crippen molar-refractivity contribution in [3.05, 3.63) is 57.9 Å². The van der Waals surface area contributed by atoms with Crippen molar-refractivity contribution in [3.8, 4) is 0 Å². The Labute approximate surface area is 121 Å². The lowest BCUT2D eigenvalue weighted by molar-refractivity contribution is 0.102. The number of carbonyl (C=O) groups is 1. The summed E-state index contributed by atoms with van der Waals surface area (Å²) in [4.78, 5) is 12.1. The number of anilines is 2. The Bertz CT molecular complexity index is 686. The Morgan fingerprint density at radius 2 is 1.90 bits per heavy atom. The fourth-order valence-corrected chi connectivity index (χ4v) is 1.98. The van der Waals surface area contributed by atoms with Gasteiger partial charge in [-0.2, -0.15) is 0 Å². The quantitative estimate of drug-likeness (QED) is 0.824. The van der Waals surface area contributed by atoms with E-state index in [-0.39, 0.29) is 11.7 Å². The summed E-state index contributed by atoms with van der Waals surface area (Å²) >= 11 is 5.94. The fourth-order valence-electron chi connectivity index (χ4n) is 1.82. The molecule has 5 heteroatoms.